The van der Waals surface area contributed by atoms with Crippen LogP contribution in [0.15, 0.2) is 24.3 Å². The van der Waals surface area contributed by atoms with Crippen LogP contribution >= 0.6 is 0 Å². The minimum Gasteiger partial charge on any atom is -0.508 e. The fourth-order valence-electron chi connectivity index (χ4n) is 3.44. The van der Waals surface area contributed by atoms with Gasteiger partial charge in [-0.3, -0.25) is 4.79 Å². The summed E-state index contributed by atoms with van der Waals surface area (Å²) in [7, 11) is 4.17. The molecule has 1 aromatic rings. The third kappa shape index (κ3) is 3.10. The third-order valence-electron chi connectivity index (χ3n) is 4.60. The molecule has 3 rings (SSSR count). The Hall–Kier alpha value is -1.59. The van der Waals surface area contributed by atoms with E-state index in [1.807, 2.05) is 0 Å². The summed E-state index contributed by atoms with van der Waals surface area (Å²) < 4.78 is 6.08. The number of likely N-dealkylation sites (tertiary alicyclic amines) is 1. The van der Waals surface area contributed by atoms with Gasteiger partial charge in [-0.1, -0.05) is 6.07 Å². The van der Waals surface area contributed by atoms with Gasteiger partial charge < -0.3 is 19.6 Å². The van der Waals surface area contributed by atoms with Crippen LogP contribution < -0.4 is 0 Å². The standard InChI is InChI=1S/C17H24N2O3/c1-18(2)9-13-6-7-17(22-10-13)11-19(12-17)16(21)14-4-3-5-15(20)8-14/h3-5,8,13,20H,6-7,9-12H2,1-2H3/t13-/m1/s1. The summed E-state index contributed by atoms with van der Waals surface area (Å²) in [6.07, 6.45) is 2.18. The molecule has 1 N–H and O–H groups in total. The number of benzene rings is 1. The molecular weight excluding hydrogens is 280 g/mol. The lowest BCUT2D eigenvalue weighted by molar-refractivity contribution is -0.168. The van der Waals surface area contributed by atoms with E-state index in [-0.39, 0.29) is 17.3 Å². The minimum atomic E-state index is -0.130. The number of carbonyl (C=O) groups is 1. The molecule has 1 atom stereocenters. The number of ether oxygens (including phenoxy) is 1. The molecule has 0 aliphatic carbocycles. The number of phenolic OH excluding ortho intramolecular Hbond substituents is 1. The van der Waals surface area contributed by atoms with Crippen LogP contribution in [0, 0.1) is 5.92 Å². The minimum absolute atomic E-state index is 0.0273. The summed E-state index contributed by atoms with van der Waals surface area (Å²) in [5, 5.41) is 9.48. The highest BCUT2D eigenvalue weighted by atomic mass is 16.5. The van der Waals surface area contributed by atoms with Gasteiger partial charge in [0.05, 0.1) is 19.7 Å². The van der Waals surface area contributed by atoms with Gasteiger partial charge in [-0.25, -0.2) is 0 Å². The second-order valence-corrected chi connectivity index (χ2v) is 6.87. The zero-order valence-electron chi connectivity index (χ0n) is 13.3. The van der Waals surface area contributed by atoms with Crippen LogP contribution in [0.5, 0.6) is 5.75 Å². The van der Waals surface area contributed by atoms with Crippen molar-refractivity contribution in [2.45, 2.75) is 18.4 Å². The Balaban J connectivity index is 1.53. The Morgan fingerprint density at radius 2 is 2.23 bits per heavy atom. The van der Waals surface area contributed by atoms with Gasteiger partial charge in [0, 0.05) is 12.1 Å². The lowest BCUT2D eigenvalue weighted by Crippen LogP contribution is -2.66. The lowest BCUT2D eigenvalue weighted by Gasteiger charge is -2.53. The van der Waals surface area contributed by atoms with Gasteiger partial charge in [-0.2, -0.15) is 0 Å². The van der Waals surface area contributed by atoms with Crippen molar-refractivity contribution < 1.29 is 14.6 Å². The lowest BCUT2D eigenvalue weighted by atomic mass is 9.82. The average Bonchev–Trinajstić information content (AvgIpc) is 2.44. The number of carbonyl (C=O) groups excluding carboxylic acids is 1. The summed E-state index contributed by atoms with van der Waals surface area (Å²) >= 11 is 0. The second kappa shape index (κ2) is 5.89. The van der Waals surface area contributed by atoms with E-state index >= 15 is 0 Å². The highest BCUT2D eigenvalue weighted by Gasteiger charge is 2.48. The van der Waals surface area contributed by atoms with E-state index in [1.165, 1.54) is 6.07 Å². The van der Waals surface area contributed by atoms with Gasteiger partial charge in [0.2, 0.25) is 0 Å². The molecule has 2 saturated heterocycles. The van der Waals surface area contributed by atoms with Gasteiger partial charge in [0.15, 0.2) is 0 Å². The van der Waals surface area contributed by atoms with Crippen LogP contribution in [0.25, 0.3) is 0 Å². The van der Waals surface area contributed by atoms with E-state index in [2.05, 4.69) is 19.0 Å². The number of nitrogens with zero attached hydrogens (tertiary/aromatic N) is 2. The molecule has 0 unspecified atom stereocenters. The second-order valence-electron chi connectivity index (χ2n) is 6.87. The Kier molecular flexibility index (Phi) is 4.10. The maximum absolute atomic E-state index is 12.4. The van der Waals surface area contributed by atoms with E-state index in [4.69, 9.17) is 4.74 Å². The molecule has 1 aromatic carbocycles. The number of phenols is 1. The van der Waals surface area contributed by atoms with Crippen LogP contribution in [0.4, 0.5) is 0 Å². The highest BCUT2D eigenvalue weighted by molar-refractivity contribution is 5.95. The first-order chi connectivity index (χ1) is 10.5. The number of hydrogen-bond donors (Lipinski definition) is 1. The van der Waals surface area contributed by atoms with Crippen molar-refractivity contribution >= 4 is 5.91 Å². The normalized spacial score (nSPS) is 23.6. The van der Waals surface area contributed by atoms with Crippen molar-refractivity contribution in [3.05, 3.63) is 29.8 Å². The number of rotatable bonds is 3. The molecule has 1 amide bonds. The van der Waals surface area contributed by atoms with Crippen molar-refractivity contribution in [3.63, 3.8) is 0 Å². The zero-order valence-corrected chi connectivity index (χ0v) is 13.3. The largest absolute Gasteiger partial charge is 0.508 e. The molecule has 2 aliphatic rings. The molecule has 2 aliphatic heterocycles. The Bertz CT molecular complexity index is 543. The smallest absolute Gasteiger partial charge is 0.254 e. The van der Waals surface area contributed by atoms with Crippen molar-refractivity contribution in [3.8, 4) is 5.75 Å². The van der Waals surface area contributed by atoms with E-state index in [9.17, 15) is 9.90 Å². The fraction of sp³-hybridized carbons (Fsp3) is 0.588. The van der Waals surface area contributed by atoms with Crippen molar-refractivity contribution in [2.75, 3.05) is 40.3 Å². The molecule has 22 heavy (non-hydrogen) atoms. The van der Waals surface area contributed by atoms with Gasteiger partial charge in [-0.05, 0) is 51.1 Å². The molecule has 2 fully saturated rings. The summed E-state index contributed by atoms with van der Waals surface area (Å²) in [5.74, 6) is 0.693. The average molecular weight is 304 g/mol. The molecule has 5 nitrogen and oxygen atoms in total. The van der Waals surface area contributed by atoms with Crippen LogP contribution in [0.1, 0.15) is 23.2 Å². The Labute approximate surface area is 131 Å². The van der Waals surface area contributed by atoms with Gasteiger partial charge in [-0.15, -0.1) is 0 Å². The summed E-state index contributed by atoms with van der Waals surface area (Å²) in [6.45, 7) is 3.17. The molecule has 0 aromatic heterocycles. The monoisotopic (exact) mass is 304 g/mol. The first kappa shape index (κ1) is 15.3. The maximum Gasteiger partial charge on any atom is 0.254 e. The molecule has 2 heterocycles. The Morgan fingerprint density at radius 3 is 2.82 bits per heavy atom. The fourth-order valence-corrected chi connectivity index (χ4v) is 3.44. The molecule has 5 heteroatoms. The molecule has 1 spiro atoms. The predicted octanol–water partition coefficient (Wildman–Crippen LogP) is 1.57. The van der Waals surface area contributed by atoms with Crippen molar-refractivity contribution in [2.24, 2.45) is 5.92 Å². The van der Waals surface area contributed by atoms with Crippen molar-refractivity contribution in [1.29, 1.82) is 0 Å². The predicted molar refractivity (Wildman–Crippen MR) is 84.0 cm³/mol. The first-order valence-corrected chi connectivity index (χ1v) is 7.84. The molecule has 0 saturated carbocycles. The summed E-state index contributed by atoms with van der Waals surface area (Å²) in [4.78, 5) is 16.4. The molecular formula is C17H24N2O3. The summed E-state index contributed by atoms with van der Waals surface area (Å²) in [6, 6.07) is 6.52. The molecule has 0 bridgehead atoms. The van der Waals surface area contributed by atoms with Gasteiger partial charge in [0.25, 0.3) is 5.91 Å². The van der Waals surface area contributed by atoms with Crippen molar-refractivity contribution in [1.82, 2.24) is 9.80 Å². The van der Waals surface area contributed by atoms with Gasteiger partial charge in [0.1, 0.15) is 11.4 Å². The van der Waals surface area contributed by atoms with Gasteiger partial charge >= 0.3 is 0 Å². The van der Waals surface area contributed by atoms with E-state index < -0.39 is 0 Å². The number of hydrogen-bond acceptors (Lipinski definition) is 4. The number of amides is 1. The van der Waals surface area contributed by atoms with E-state index in [0.717, 1.165) is 26.0 Å². The topological polar surface area (TPSA) is 53.0 Å². The van der Waals surface area contributed by atoms with E-state index in [1.54, 1.807) is 23.1 Å². The molecule has 120 valence electrons. The number of aromatic hydroxyl groups is 1. The van der Waals surface area contributed by atoms with Crippen LogP contribution in [0.3, 0.4) is 0 Å². The van der Waals surface area contributed by atoms with E-state index in [0.29, 0.717) is 24.6 Å². The SMILES string of the molecule is CN(C)C[C@H]1CCC2(CN(C(=O)c3cccc(O)c3)C2)OC1. The van der Waals surface area contributed by atoms with Crippen LogP contribution in [-0.2, 0) is 4.74 Å². The highest BCUT2D eigenvalue weighted by Crippen LogP contribution is 2.36. The summed E-state index contributed by atoms with van der Waals surface area (Å²) in [5.41, 5.74) is 0.408. The third-order valence-corrected chi connectivity index (χ3v) is 4.60. The maximum atomic E-state index is 12.4. The zero-order chi connectivity index (χ0) is 15.7. The Morgan fingerprint density at radius 1 is 1.45 bits per heavy atom. The first-order valence-electron chi connectivity index (χ1n) is 7.84. The molecule has 0 radical (unpaired) electrons. The van der Waals surface area contributed by atoms with Crippen LogP contribution in [-0.4, -0.2) is 66.8 Å². The quantitative estimate of drug-likeness (QED) is 0.921. The van der Waals surface area contributed by atoms with Crippen LogP contribution in [0.2, 0.25) is 0 Å².